The van der Waals surface area contributed by atoms with Crippen LogP contribution in [0.4, 0.5) is 0 Å². The quantitative estimate of drug-likeness (QED) is 0.534. The molecule has 5 atom stereocenters. The van der Waals surface area contributed by atoms with Crippen molar-refractivity contribution in [3.8, 4) is 0 Å². The monoisotopic (exact) mass is 485 g/mol. The van der Waals surface area contributed by atoms with Gasteiger partial charge in [0.15, 0.2) is 0 Å². The smallest absolute Gasteiger partial charge is 0.258 e. The van der Waals surface area contributed by atoms with Gasteiger partial charge in [-0.1, -0.05) is 42.5 Å². The van der Waals surface area contributed by atoms with E-state index >= 15 is 0 Å². The van der Waals surface area contributed by atoms with E-state index in [2.05, 4.69) is 20.2 Å². The lowest BCUT2D eigenvalue weighted by atomic mass is 9.86. The van der Waals surface area contributed by atoms with Crippen molar-refractivity contribution in [3.63, 3.8) is 0 Å². The lowest BCUT2D eigenvalue weighted by Gasteiger charge is -2.38. The van der Waals surface area contributed by atoms with Crippen LogP contribution in [0.5, 0.6) is 0 Å². The summed E-state index contributed by atoms with van der Waals surface area (Å²) in [5.41, 5.74) is 3.27. The summed E-state index contributed by atoms with van der Waals surface area (Å²) in [6, 6.07) is 12.9. The maximum absolute atomic E-state index is 13.8. The first-order valence-corrected chi connectivity index (χ1v) is 12.4. The second kappa shape index (κ2) is 10.2. The summed E-state index contributed by atoms with van der Waals surface area (Å²) in [5.74, 6) is -0.964. The SMILES string of the molecule is C/C=C/c1ccc2n(c1=O)C[C@H]1[C@H](CO)[C@@H](C(=O)N[C@@H](C)c3ccccc3)[C@@H]2N1Cc1cncnc1. The van der Waals surface area contributed by atoms with Crippen molar-refractivity contribution in [1.82, 2.24) is 24.8 Å². The van der Waals surface area contributed by atoms with Crippen LogP contribution >= 0.6 is 0 Å². The van der Waals surface area contributed by atoms with Gasteiger partial charge in [-0.3, -0.25) is 14.5 Å². The molecule has 0 aliphatic carbocycles. The van der Waals surface area contributed by atoms with Gasteiger partial charge in [0.2, 0.25) is 5.91 Å². The maximum Gasteiger partial charge on any atom is 0.258 e. The van der Waals surface area contributed by atoms with Crippen molar-refractivity contribution in [2.75, 3.05) is 6.61 Å². The van der Waals surface area contributed by atoms with Crippen LogP contribution in [0.15, 0.2) is 72.1 Å². The van der Waals surface area contributed by atoms with Crippen molar-refractivity contribution in [2.45, 2.75) is 45.1 Å². The van der Waals surface area contributed by atoms with E-state index in [4.69, 9.17) is 0 Å². The topological polar surface area (TPSA) is 100 Å². The molecule has 186 valence electrons. The zero-order chi connectivity index (χ0) is 25.2. The first kappa shape index (κ1) is 24.1. The molecule has 0 spiro atoms. The van der Waals surface area contributed by atoms with Crippen LogP contribution in [0.3, 0.4) is 0 Å². The first-order chi connectivity index (χ1) is 17.5. The van der Waals surface area contributed by atoms with Crippen LogP contribution in [-0.2, 0) is 17.9 Å². The highest BCUT2D eigenvalue weighted by Gasteiger charge is 2.55. The Morgan fingerprint density at radius 3 is 2.64 bits per heavy atom. The van der Waals surface area contributed by atoms with E-state index in [0.29, 0.717) is 18.7 Å². The maximum atomic E-state index is 13.8. The van der Waals surface area contributed by atoms with E-state index in [1.807, 2.05) is 62.4 Å². The largest absolute Gasteiger partial charge is 0.396 e. The Labute approximate surface area is 210 Å². The molecular weight excluding hydrogens is 454 g/mol. The molecular formula is C28H31N5O3. The summed E-state index contributed by atoms with van der Waals surface area (Å²) >= 11 is 0. The number of hydrogen-bond acceptors (Lipinski definition) is 6. The van der Waals surface area contributed by atoms with Gasteiger partial charge >= 0.3 is 0 Å². The van der Waals surface area contributed by atoms with Crippen LogP contribution in [0.25, 0.3) is 6.08 Å². The second-order valence-electron chi connectivity index (χ2n) is 9.57. The molecule has 0 radical (unpaired) electrons. The van der Waals surface area contributed by atoms with Crippen LogP contribution < -0.4 is 10.9 Å². The molecule has 1 amide bonds. The number of nitrogens with zero attached hydrogens (tertiary/aromatic N) is 4. The molecule has 2 bridgehead atoms. The number of benzene rings is 1. The van der Waals surface area contributed by atoms with Gasteiger partial charge in [0.25, 0.3) is 5.56 Å². The minimum Gasteiger partial charge on any atom is -0.396 e. The lowest BCUT2D eigenvalue weighted by Crippen LogP contribution is -2.46. The highest BCUT2D eigenvalue weighted by atomic mass is 16.3. The summed E-state index contributed by atoms with van der Waals surface area (Å²) in [6.07, 6.45) is 8.68. The number of fused-ring (bicyclic) bond motifs is 4. The summed E-state index contributed by atoms with van der Waals surface area (Å²) < 4.78 is 1.79. The number of rotatable bonds is 7. The molecule has 4 heterocycles. The molecule has 2 N–H and O–H groups in total. The average Bonchev–Trinajstić information content (AvgIpc) is 3.10. The number of aliphatic hydroxyl groups excluding tert-OH is 1. The predicted molar refractivity (Wildman–Crippen MR) is 137 cm³/mol. The summed E-state index contributed by atoms with van der Waals surface area (Å²) in [4.78, 5) is 37.7. The van der Waals surface area contributed by atoms with Crippen molar-refractivity contribution >= 4 is 12.0 Å². The van der Waals surface area contributed by atoms with Crippen molar-refractivity contribution in [1.29, 1.82) is 0 Å². The first-order valence-electron chi connectivity index (χ1n) is 12.4. The average molecular weight is 486 g/mol. The van der Waals surface area contributed by atoms with Crippen molar-refractivity contribution < 1.29 is 9.90 Å². The number of nitrogens with one attached hydrogen (secondary N) is 1. The minimum absolute atomic E-state index is 0.0707. The van der Waals surface area contributed by atoms with E-state index in [1.165, 1.54) is 6.33 Å². The van der Waals surface area contributed by atoms with E-state index in [9.17, 15) is 14.7 Å². The Balaban J connectivity index is 1.55. The van der Waals surface area contributed by atoms with Crippen LogP contribution in [0.2, 0.25) is 0 Å². The molecule has 3 aromatic rings. The molecule has 1 saturated heterocycles. The molecule has 0 saturated carbocycles. The van der Waals surface area contributed by atoms with Crippen molar-refractivity contribution in [3.05, 3.63) is 100.0 Å². The fourth-order valence-electron chi connectivity index (χ4n) is 5.82. The Morgan fingerprint density at radius 2 is 1.94 bits per heavy atom. The van der Waals surface area contributed by atoms with E-state index in [0.717, 1.165) is 16.8 Å². The highest BCUT2D eigenvalue weighted by Crippen LogP contribution is 2.49. The van der Waals surface area contributed by atoms with Gasteiger partial charge < -0.3 is 15.0 Å². The molecule has 0 unspecified atom stereocenters. The standard InChI is InChI=1S/C28H31N5O3/c1-3-7-21-10-11-23-26-25(27(35)31-18(2)20-8-5-4-6-9-20)22(16-34)24(15-33(23)28(21)36)32(26)14-19-12-29-17-30-13-19/h3-13,17-18,22,24-26,34H,14-16H2,1-2H3,(H,31,35)/b7-3+/t18-,22-,24-,25+,26+/m0/s1. The number of carbonyl (C=O) groups is 1. The molecule has 8 nitrogen and oxygen atoms in total. The third-order valence-electron chi connectivity index (χ3n) is 7.49. The van der Waals surface area contributed by atoms with Gasteiger partial charge in [0, 0.05) is 60.9 Å². The Hall–Kier alpha value is -3.62. The van der Waals surface area contributed by atoms with Crippen molar-refractivity contribution in [2.24, 2.45) is 11.8 Å². The Kier molecular flexibility index (Phi) is 6.80. The molecule has 1 aromatic carbocycles. The second-order valence-corrected chi connectivity index (χ2v) is 9.57. The zero-order valence-corrected chi connectivity index (χ0v) is 20.5. The summed E-state index contributed by atoms with van der Waals surface area (Å²) in [5, 5.41) is 13.7. The summed E-state index contributed by atoms with van der Waals surface area (Å²) in [6.45, 7) is 4.63. The lowest BCUT2D eigenvalue weighted by molar-refractivity contribution is -0.128. The third-order valence-corrected chi connectivity index (χ3v) is 7.49. The van der Waals surface area contributed by atoms with Gasteiger partial charge in [-0.15, -0.1) is 0 Å². The third kappa shape index (κ3) is 4.27. The van der Waals surface area contributed by atoms with Crippen LogP contribution in [0.1, 0.15) is 48.3 Å². The van der Waals surface area contributed by atoms with Gasteiger partial charge in [-0.2, -0.15) is 0 Å². The van der Waals surface area contributed by atoms with E-state index in [-0.39, 0.29) is 42.1 Å². The van der Waals surface area contributed by atoms with Gasteiger partial charge in [-0.25, -0.2) is 9.97 Å². The number of pyridine rings is 1. The molecule has 2 aliphatic rings. The number of aliphatic hydroxyl groups is 1. The fraction of sp³-hybridized carbons (Fsp3) is 0.357. The molecule has 8 heteroatoms. The fourth-order valence-corrected chi connectivity index (χ4v) is 5.82. The van der Waals surface area contributed by atoms with Crippen LogP contribution in [-0.4, -0.2) is 43.1 Å². The number of carbonyl (C=O) groups excluding carboxylic acids is 1. The molecule has 5 rings (SSSR count). The van der Waals surface area contributed by atoms with Crippen LogP contribution in [0, 0.1) is 11.8 Å². The van der Waals surface area contributed by atoms with E-state index in [1.54, 1.807) is 23.0 Å². The number of hydrogen-bond donors (Lipinski definition) is 2. The molecule has 2 aliphatic heterocycles. The van der Waals surface area contributed by atoms with Gasteiger partial charge in [-0.05, 0) is 31.5 Å². The normalized spacial score (nSPS) is 24.0. The zero-order valence-electron chi connectivity index (χ0n) is 20.5. The Bertz CT molecular complexity index is 1310. The molecule has 2 aromatic heterocycles. The minimum atomic E-state index is -0.517. The Morgan fingerprint density at radius 1 is 1.19 bits per heavy atom. The number of amides is 1. The summed E-state index contributed by atoms with van der Waals surface area (Å²) in [7, 11) is 0. The molecule has 1 fully saturated rings. The van der Waals surface area contributed by atoms with E-state index < -0.39 is 5.92 Å². The predicted octanol–water partition coefficient (Wildman–Crippen LogP) is 2.71. The molecule has 36 heavy (non-hydrogen) atoms. The van der Waals surface area contributed by atoms with Gasteiger partial charge in [0.05, 0.1) is 18.0 Å². The van der Waals surface area contributed by atoms with Gasteiger partial charge in [0.1, 0.15) is 6.33 Å². The number of aromatic nitrogens is 3. The number of allylic oxidation sites excluding steroid dienone is 1. The highest BCUT2D eigenvalue weighted by molar-refractivity contribution is 5.81.